The number of likely N-dealkylation sites (tertiary alicyclic amines) is 1. The Bertz CT molecular complexity index is 905. The molecule has 2 bridgehead atoms. The first-order valence-corrected chi connectivity index (χ1v) is 10.7. The van der Waals surface area contributed by atoms with Crippen molar-refractivity contribution in [3.05, 3.63) is 71.0 Å². The second-order valence-electron chi connectivity index (χ2n) is 8.72. The van der Waals surface area contributed by atoms with Gasteiger partial charge in [0.2, 0.25) is 0 Å². The van der Waals surface area contributed by atoms with E-state index in [2.05, 4.69) is 24.1 Å². The Hall–Kier alpha value is -2.44. The van der Waals surface area contributed by atoms with Crippen molar-refractivity contribution in [2.45, 2.75) is 18.6 Å². The maximum atomic E-state index is 13.6. The monoisotopic (exact) mass is 410 g/mol. The van der Waals surface area contributed by atoms with Crippen molar-refractivity contribution in [1.29, 1.82) is 0 Å². The maximum absolute atomic E-state index is 13.6. The van der Waals surface area contributed by atoms with Crippen molar-refractivity contribution in [2.24, 2.45) is 11.8 Å². The van der Waals surface area contributed by atoms with Gasteiger partial charge in [0.05, 0.1) is 19.3 Å². The van der Waals surface area contributed by atoms with Crippen LogP contribution in [-0.2, 0) is 15.9 Å². The molecular formula is C24H27FN2O3. The van der Waals surface area contributed by atoms with Crippen LogP contribution in [0.1, 0.15) is 22.7 Å². The van der Waals surface area contributed by atoms with Gasteiger partial charge in [-0.2, -0.15) is 0 Å². The standard InChI is InChI=1S/C24H27FN2O3/c1-26-12-18-14-29-15-19(13-26)23(18)30-24(28)27-11-10-16-4-2-3-5-21(16)22(27)17-6-8-20(25)9-7-17/h2-9,18-19,22-23H,10-15H2,1H3/t18-,19?,22+,23-/m1/s1. The lowest BCUT2D eigenvalue weighted by Gasteiger charge is -2.46. The molecule has 0 aliphatic carbocycles. The highest BCUT2D eigenvalue weighted by molar-refractivity contribution is 5.70. The van der Waals surface area contributed by atoms with Gasteiger partial charge in [-0.05, 0) is 42.3 Å². The van der Waals surface area contributed by atoms with Crippen LogP contribution in [0.4, 0.5) is 9.18 Å². The van der Waals surface area contributed by atoms with E-state index >= 15 is 0 Å². The zero-order valence-corrected chi connectivity index (χ0v) is 17.2. The molecule has 2 fully saturated rings. The Labute approximate surface area is 176 Å². The van der Waals surface area contributed by atoms with Crippen LogP contribution in [0.3, 0.4) is 0 Å². The Balaban J connectivity index is 1.43. The topological polar surface area (TPSA) is 42.0 Å². The molecule has 1 amide bonds. The van der Waals surface area contributed by atoms with Crippen LogP contribution in [0.2, 0.25) is 0 Å². The summed E-state index contributed by atoms with van der Waals surface area (Å²) in [4.78, 5) is 17.5. The van der Waals surface area contributed by atoms with E-state index in [4.69, 9.17) is 9.47 Å². The van der Waals surface area contributed by atoms with Crippen molar-refractivity contribution in [3.63, 3.8) is 0 Å². The number of rotatable bonds is 2. The summed E-state index contributed by atoms with van der Waals surface area (Å²) in [5, 5.41) is 0. The van der Waals surface area contributed by atoms with Gasteiger partial charge in [0.25, 0.3) is 0 Å². The average Bonchev–Trinajstić information content (AvgIpc) is 2.74. The van der Waals surface area contributed by atoms with Crippen LogP contribution >= 0.6 is 0 Å². The van der Waals surface area contributed by atoms with Crippen LogP contribution in [0.15, 0.2) is 48.5 Å². The lowest BCUT2D eigenvalue weighted by atomic mass is 9.85. The Morgan fingerprint density at radius 3 is 2.50 bits per heavy atom. The van der Waals surface area contributed by atoms with Gasteiger partial charge in [0.1, 0.15) is 11.9 Å². The minimum atomic E-state index is -0.287. The number of amides is 1. The molecule has 1 unspecified atom stereocenters. The lowest BCUT2D eigenvalue weighted by Crippen LogP contribution is -2.56. The number of carbonyl (C=O) groups excluding carboxylic acids is 1. The van der Waals surface area contributed by atoms with Crippen LogP contribution in [0.25, 0.3) is 0 Å². The van der Waals surface area contributed by atoms with Crippen molar-refractivity contribution in [2.75, 3.05) is 39.9 Å². The van der Waals surface area contributed by atoms with Crippen molar-refractivity contribution in [1.82, 2.24) is 9.80 Å². The third-order valence-corrected chi connectivity index (χ3v) is 6.63. The fourth-order valence-electron chi connectivity index (χ4n) is 5.28. The quantitative estimate of drug-likeness (QED) is 0.760. The molecule has 30 heavy (non-hydrogen) atoms. The molecule has 2 aromatic carbocycles. The molecule has 4 atom stereocenters. The molecule has 0 radical (unpaired) electrons. The van der Waals surface area contributed by atoms with Crippen molar-refractivity contribution >= 4 is 6.09 Å². The van der Waals surface area contributed by atoms with Gasteiger partial charge in [-0.3, -0.25) is 4.90 Å². The second-order valence-corrected chi connectivity index (χ2v) is 8.72. The van der Waals surface area contributed by atoms with E-state index in [1.165, 1.54) is 17.7 Å². The Morgan fingerprint density at radius 2 is 1.77 bits per heavy atom. The van der Waals surface area contributed by atoms with Crippen molar-refractivity contribution < 1.29 is 18.7 Å². The first-order chi connectivity index (χ1) is 14.6. The number of nitrogens with zero attached hydrogens (tertiary/aromatic N) is 2. The number of hydrogen-bond acceptors (Lipinski definition) is 4. The molecule has 0 aromatic heterocycles. The summed E-state index contributed by atoms with van der Waals surface area (Å²) in [6.45, 7) is 3.58. The third kappa shape index (κ3) is 3.59. The molecule has 0 N–H and O–H groups in total. The number of fused-ring (bicyclic) bond motifs is 3. The molecule has 2 aromatic rings. The number of benzene rings is 2. The summed E-state index contributed by atoms with van der Waals surface area (Å²) in [6.07, 6.45) is 0.380. The van der Waals surface area contributed by atoms with Gasteiger partial charge in [0, 0.05) is 31.5 Å². The molecule has 3 heterocycles. The highest BCUT2D eigenvalue weighted by Gasteiger charge is 2.43. The number of halogens is 1. The smallest absolute Gasteiger partial charge is 0.410 e. The number of ether oxygens (including phenoxy) is 2. The maximum Gasteiger partial charge on any atom is 0.410 e. The van der Waals surface area contributed by atoms with E-state index in [9.17, 15) is 9.18 Å². The normalized spacial score (nSPS) is 28.7. The van der Waals surface area contributed by atoms with E-state index in [0.717, 1.165) is 30.6 Å². The number of carbonyl (C=O) groups is 1. The summed E-state index contributed by atoms with van der Waals surface area (Å²) >= 11 is 0. The van der Waals surface area contributed by atoms with Crippen molar-refractivity contribution in [3.8, 4) is 0 Å². The molecular weight excluding hydrogens is 383 g/mol. The average molecular weight is 410 g/mol. The summed E-state index contributed by atoms with van der Waals surface area (Å²) in [5.41, 5.74) is 3.20. The van der Waals surface area contributed by atoms with Gasteiger partial charge in [-0.1, -0.05) is 36.4 Å². The highest BCUT2D eigenvalue weighted by atomic mass is 19.1. The van der Waals surface area contributed by atoms with Gasteiger partial charge >= 0.3 is 6.09 Å². The van der Waals surface area contributed by atoms with E-state index in [-0.39, 0.29) is 35.9 Å². The fourth-order valence-corrected chi connectivity index (χ4v) is 5.28. The molecule has 2 saturated heterocycles. The minimum absolute atomic E-state index is 0.117. The zero-order valence-electron chi connectivity index (χ0n) is 17.2. The summed E-state index contributed by atoms with van der Waals surface area (Å²) in [6, 6.07) is 14.3. The van der Waals surface area contributed by atoms with E-state index in [1.54, 1.807) is 12.1 Å². The largest absolute Gasteiger partial charge is 0.445 e. The fraction of sp³-hybridized carbons (Fsp3) is 0.458. The van der Waals surface area contributed by atoms with Gasteiger partial charge in [-0.25, -0.2) is 9.18 Å². The molecule has 5 nitrogen and oxygen atoms in total. The molecule has 6 heteroatoms. The van der Waals surface area contributed by atoms with Gasteiger partial charge in [0.15, 0.2) is 0 Å². The van der Waals surface area contributed by atoms with E-state index in [1.807, 2.05) is 17.0 Å². The summed E-state index contributed by atoms with van der Waals surface area (Å²) < 4.78 is 25.4. The number of hydrogen-bond donors (Lipinski definition) is 0. The second kappa shape index (κ2) is 8.00. The van der Waals surface area contributed by atoms with Crippen LogP contribution in [0, 0.1) is 17.7 Å². The molecule has 5 rings (SSSR count). The van der Waals surface area contributed by atoms with Crippen LogP contribution in [0.5, 0.6) is 0 Å². The minimum Gasteiger partial charge on any atom is -0.445 e. The highest BCUT2D eigenvalue weighted by Crippen LogP contribution is 2.37. The molecule has 3 aliphatic rings. The Morgan fingerprint density at radius 1 is 1.07 bits per heavy atom. The first kappa shape index (κ1) is 19.5. The molecule has 3 aliphatic heterocycles. The Kier molecular flexibility index (Phi) is 5.21. The zero-order chi connectivity index (χ0) is 20.7. The summed E-state index contributed by atoms with van der Waals surface area (Å²) in [5.74, 6) is 0.122. The van der Waals surface area contributed by atoms with Gasteiger partial charge < -0.3 is 14.4 Å². The lowest BCUT2D eigenvalue weighted by molar-refractivity contribution is -0.127. The SMILES string of the molecule is CN1CC2COC[C@@H](C1)[C@H]2OC(=O)N1CCc2ccccc2[C@@H]1c1ccc(F)cc1. The van der Waals surface area contributed by atoms with E-state index < -0.39 is 0 Å². The third-order valence-electron chi connectivity index (χ3n) is 6.63. The van der Waals surface area contributed by atoms with Crippen LogP contribution < -0.4 is 0 Å². The van der Waals surface area contributed by atoms with Crippen LogP contribution in [-0.4, -0.2) is 61.9 Å². The number of piperidine rings is 1. The predicted octanol–water partition coefficient (Wildman–Crippen LogP) is 3.49. The summed E-state index contributed by atoms with van der Waals surface area (Å²) in [7, 11) is 2.11. The molecule has 0 spiro atoms. The first-order valence-electron chi connectivity index (χ1n) is 10.7. The predicted molar refractivity (Wildman–Crippen MR) is 111 cm³/mol. The molecule has 0 saturated carbocycles. The van der Waals surface area contributed by atoms with E-state index in [0.29, 0.717) is 19.8 Å². The molecule has 158 valence electrons. The van der Waals surface area contributed by atoms with Gasteiger partial charge in [-0.15, -0.1) is 0 Å².